The fraction of sp³-hybridized carbons (Fsp3) is 0.278. The molecule has 1 atom stereocenters. The van der Waals surface area contributed by atoms with E-state index in [0.29, 0.717) is 12.3 Å². The van der Waals surface area contributed by atoms with Gasteiger partial charge in [0.2, 0.25) is 11.8 Å². The van der Waals surface area contributed by atoms with Crippen LogP contribution in [0.15, 0.2) is 108 Å². The summed E-state index contributed by atoms with van der Waals surface area (Å²) in [4.78, 5) is 29.8. The molecule has 0 saturated heterocycles. The van der Waals surface area contributed by atoms with Crippen LogP contribution in [0, 0.1) is 13.8 Å². The lowest BCUT2D eigenvalue weighted by atomic mass is 10.0. The van der Waals surface area contributed by atoms with E-state index in [4.69, 9.17) is 4.74 Å². The molecule has 0 saturated carbocycles. The number of methoxy groups -OCH3 is 1. The molecule has 0 aliphatic heterocycles. The first kappa shape index (κ1) is 33.3. The number of hydrogen-bond acceptors (Lipinski definition) is 5. The number of benzene rings is 4. The predicted octanol–water partition coefficient (Wildman–Crippen LogP) is 5.67. The maximum absolute atomic E-state index is 14.6. The molecule has 0 unspecified atom stereocenters. The SMILES string of the molecule is CCCNC(=O)[C@@H](Cc1ccccc1)N(Cc1ccccc1)C(=O)CN(c1cc(C)ccc1OC)S(=O)(=O)c1ccc(C)cc1. The van der Waals surface area contributed by atoms with E-state index >= 15 is 0 Å². The van der Waals surface area contributed by atoms with E-state index in [-0.39, 0.29) is 29.5 Å². The first-order valence-corrected chi connectivity index (χ1v) is 16.5. The number of anilines is 1. The quantitative estimate of drug-likeness (QED) is 0.194. The average Bonchev–Trinajstić information content (AvgIpc) is 3.05. The van der Waals surface area contributed by atoms with Gasteiger partial charge in [-0.25, -0.2) is 8.42 Å². The molecule has 0 spiro atoms. The van der Waals surface area contributed by atoms with Gasteiger partial charge in [-0.1, -0.05) is 91.3 Å². The number of nitrogens with one attached hydrogen (secondary N) is 1. The second kappa shape index (κ2) is 15.4. The molecule has 1 N–H and O–H groups in total. The molecule has 2 amide bonds. The monoisotopic (exact) mass is 627 g/mol. The molecular weight excluding hydrogens is 586 g/mol. The van der Waals surface area contributed by atoms with Gasteiger partial charge in [-0.2, -0.15) is 0 Å². The van der Waals surface area contributed by atoms with Crippen LogP contribution in [0.5, 0.6) is 5.75 Å². The third-order valence-electron chi connectivity index (χ3n) is 7.51. The number of amides is 2. The average molecular weight is 628 g/mol. The fourth-order valence-corrected chi connectivity index (χ4v) is 6.46. The van der Waals surface area contributed by atoms with Crippen LogP contribution in [0.3, 0.4) is 0 Å². The summed E-state index contributed by atoms with van der Waals surface area (Å²) in [6, 6.07) is 29.7. The summed E-state index contributed by atoms with van der Waals surface area (Å²) < 4.78 is 35.3. The number of aryl methyl sites for hydroxylation is 2. The smallest absolute Gasteiger partial charge is 0.264 e. The van der Waals surface area contributed by atoms with Gasteiger partial charge < -0.3 is 15.0 Å². The molecule has 4 aromatic rings. The van der Waals surface area contributed by atoms with Gasteiger partial charge in [0.25, 0.3) is 10.0 Å². The predicted molar refractivity (Wildman–Crippen MR) is 178 cm³/mol. The normalized spacial score (nSPS) is 11.8. The molecule has 9 heteroatoms. The second-order valence-corrected chi connectivity index (χ2v) is 12.9. The zero-order valence-corrected chi connectivity index (χ0v) is 27.1. The van der Waals surface area contributed by atoms with E-state index in [1.807, 2.05) is 87.5 Å². The Hall–Kier alpha value is -4.63. The van der Waals surface area contributed by atoms with E-state index in [0.717, 1.165) is 33.0 Å². The van der Waals surface area contributed by atoms with Crippen molar-refractivity contribution in [2.75, 3.05) is 24.5 Å². The highest BCUT2D eigenvalue weighted by Gasteiger charge is 2.35. The lowest BCUT2D eigenvalue weighted by Gasteiger charge is -2.34. The maximum Gasteiger partial charge on any atom is 0.264 e. The van der Waals surface area contributed by atoms with Crippen LogP contribution in [-0.4, -0.2) is 51.4 Å². The molecule has 4 rings (SSSR count). The highest BCUT2D eigenvalue weighted by molar-refractivity contribution is 7.92. The zero-order valence-electron chi connectivity index (χ0n) is 26.3. The minimum Gasteiger partial charge on any atom is -0.495 e. The minimum atomic E-state index is -4.24. The van der Waals surface area contributed by atoms with Gasteiger partial charge in [0.05, 0.1) is 17.7 Å². The number of carbonyl (C=O) groups excluding carboxylic acids is 2. The number of nitrogens with zero attached hydrogens (tertiary/aromatic N) is 2. The summed E-state index contributed by atoms with van der Waals surface area (Å²) in [7, 11) is -2.77. The summed E-state index contributed by atoms with van der Waals surface area (Å²) in [5, 5.41) is 2.96. The number of hydrogen-bond donors (Lipinski definition) is 1. The molecule has 0 aliphatic rings. The van der Waals surface area contributed by atoms with Crippen molar-refractivity contribution in [2.24, 2.45) is 0 Å². The van der Waals surface area contributed by atoms with E-state index < -0.39 is 28.5 Å². The largest absolute Gasteiger partial charge is 0.495 e. The van der Waals surface area contributed by atoms with E-state index in [2.05, 4.69) is 5.32 Å². The number of ether oxygens (including phenoxy) is 1. The molecule has 4 aromatic carbocycles. The molecule has 0 radical (unpaired) electrons. The zero-order chi connectivity index (χ0) is 32.4. The third kappa shape index (κ3) is 8.51. The minimum absolute atomic E-state index is 0.0422. The Morgan fingerprint density at radius 2 is 1.42 bits per heavy atom. The van der Waals surface area contributed by atoms with Crippen molar-refractivity contribution in [2.45, 2.75) is 51.1 Å². The summed E-state index contributed by atoms with van der Waals surface area (Å²) in [6.45, 7) is 5.69. The van der Waals surface area contributed by atoms with E-state index in [1.165, 1.54) is 24.1 Å². The van der Waals surface area contributed by atoms with Crippen LogP contribution in [0.4, 0.5) is 5.69 Å². The topological polar surface area (TPSA) is 96.0 Å². The summed E-state index contributed by atoms with van der Waals surface area (Å²) in [5.41, 5.74) is 3.63. The first-order valence-electron chi connectivity index (χ1n) is 15.0. The van der Waals surface area contributed by atoms with Crippen molar-refractivity contribution in [1.82, 2.24) is 10.2 Å². The highest BCUT2D eigenvalue weighted by Crippen LogP contribution is 2.34. The van der Waals surface area contributed by atoms with Crippen molar-refractivity contribution in [1.29, 1.82) is 0 Å². The number of rotatable bonds is 14. The lowest BCUT2D eigenvalue weighted by Crippen LogP contribution is -2.53. The molecule has 0 bridgehead atoms. The van der Waals surface area contributed by atoms with Crippen molar-refractivity contribution >= 4 is 27.5 Å². The molecule has 0 aromatic heterocycles. The summed E-state index contributed by atoms with van der Waals surface area (Å²) >= 11 is 0. The molecule has 45 heavy (non-hydrogen) atoms. The lowest BCUT2D eigenvalue weighted by molar-refractivity contribution is -0.140. The van der Waals surface area contributed by atoms with Crippen LogP contribution in [-0.2, 0) is 32.6 Å². The molecule has 0 fully saturated rings. The van der Waals surface area contributed by atoms with Crippen molar-refractivity contribution in [3.8, 4) is 5.75 Å². The number of sulfonamides is 1. The van der Waals surface area contributed by atoms with Crippen LogP contribution in [0.2, 0.25) is 0 Å². The summed E-state index contributed by atoms with van der Waals surface area (Å²) in [6.07, 6.45) is 0.986. The highest BCUT2D eigenvalue weighted by atomic mass is 32.2. The maximum atomic E-state index is 14.6. The van der Waals surface area contributed by atoms with Gasteiger partial charge in [0.1, 0.15) is 18.3 Å². The Morgan fingerprint density at radius 1 is 0.822 bits per heavy atom. The van der Waals surface area contributed by atoms with Crippen molar-refractivity contribution in [3.63, 3.8) is 0 Å². The van der Waals surface area contributed by atoms with Crippen LogP contribution >= 0.6 is 0 Å². The molecule has 8 nitrogen and oxygen atoms in total. The van der Waals surface area contributed by atoms with Crippen molar-refractivity contribution in [3.05, 3.63) is 125 Å². The van der Waals surface area contributed by atoms with Gasteiger partial charge in [-0.3, -0.25) is 13.9 Å². The Bertz CT molecular complexity index is 1680. The van der Waals surface area contributed by atoms with Gasteiger partial charge in [-0.05, 0) is 61.2 Å². The van der Waals surface area contributed by atoms with E-state index in [9.17, 15) is 18.0 Å². The van der Waals surface area contributed by atoms with Gasteiger partial charge >= 0.3 is 0 Å². The van der Waals surface area contributed by atoms with Gasteiger partial charge in [0.15, 0.2) is 0 Å². The standard InChI is InChI=1S/C36H41N3O5S/c1-5-22-37-36(41)33(24-29-12-8-6-9-13-29)38(25-30-14-10-7-11-15-30)35(40)26-39(32-23-28(3)18-21-34(32)44-4)45(42,43)31-19-16-27(2)17-20-31/h6-21,23,33H,5,22,24-26H2,1-4H3,(H,37,41)/t33-/m1/s1. The third-order valence-corrected chi connectivity index (χ3v) is 9.28. The second-order valence-electron chi connectivity index (χ2n) is 11.0. The fourth-order valence-electron chi connectivity index (χ4n) is 5.05. The van der Waals surface area contributed by atoms with Crippen molar-refractivity contribution < 1.29 is 22.7 Å². The first-order chi connectivity index (χ1) is 21.6. The Labute approximate surface area is 266 Å². The Balaban J connectivity index is 1.83. The van der Waals surface area contributed by atoms with E-state index in [1.54, 1.807) is 24.3 Å². The molecule has 236 valence electrons. The number of carbonyl (C=O) groups is 2. The van der Waals surface area contributed by atoms with Gasteiger partial charge in [-0.15, -0.1) is 0 Å². The summed E-state index contributed by atoms with van der Waals surface area (Å²) in [5.74, 6) is -0.517. The Morgan fingerprint density at radius 3 is 2.02 bits per heavy atom. The Kier molecular flexibility index (Phi) is 11.4. The van der Waals surface area contributed by atoms with Gasteiger partial charge in [0, 0.05) is 19.5 Å². The van der Waals surface area contributed by atoms with Crippen LogP contribution in [0.25, 0.3) is 0 Å². The molecule has 0 aliphatic carbocycles. The molecular formula is C36H41N3O5S. The van der Waals surface area contributed by atoms with Crippen LogP contribution in [0.1, 0.15) is 35.6 Å². The van der Waals surface area contributed by atoms with Crippen LogP contribution < -0.4 is 14.4 Å². The molecule has 0 heterocycles.